The Morgan fingerprint density at radius 1 is 1.08 bits per heavy atom. The molecule has 0 fully saturated rings. The summed E-state index contributed by atoms with van der Waals surface area (Å²) in [6, 6.07) is 12.4. The van der Waals surface area contributed by atoms with E-state index in [1.807, 2.05) is 58.1 Å². The first-order valence-corrected chi connectivity index (χ1v) is 8.35. The van der Waals surface area contributed by atoms with Crippen molar-refractivity contribution in [1.82, 2.24) is 0 Å². The van der Waals surface area contributed by atoms with Crippen molar-refractivity contribution in [2.24, 2.45) is 11.7 Å². The molecule has 0 aliphatic rings. The molecule has 2 aromatic rings. The second-order valence-corrected chi connectivity index (χ2v) is 5.41. The van der Waals surface area contributed by atoms with Gasteiger partial charge in [-0.15, -0.1) is 0 Å². The van der Waals surface area contributed by atoms with Crippen molar-refractivity contribution in [3.05, 3.63) is 59.8 Å². The van der Waals surface area contributed by atoms with E-state index in [-0.39, 0.29) is 13.3 Å². The lowest BCUT2D eigenvalue weighted by Gasteiger charge is -2.04. The van der Waals surface area contributed by atoms with Crippen LogP contribution in [-0.4, -0.2) is 12.6 Å². The Kier molecular flexibility index (Phi) is 8.34. The summed E-state index contributed by atoms with van der Waals surface area (Å²) in [5.74, 6) is -0.269. The van der Waals surface area contributed by atoms with Gasteiger partial charge in [0, 0.05) is 1.43 Å². The van der Waals surface area contributed by atoms with Gasteiger partial charge in [-0.05, 0) is 52.4 Å². The van der Waals surface area contributed by atoms with Crippen LogP contribution in [0.4, 0.5) is 0 Å². The number of esters is 1. The molecule has 3 nitrogen and oxygen atoms in total. The number of nitrogens with two attached hydrogens (primary N) is 1. The van der Waals surface area contributed by atoms with Crippen molar-refractivity contribution in [3.8, 4) is 0 Å². The molecule has 3 heteroatoms. The molecular formula is C21H29NO2. The van der Waals surface area contributed by atoms with Crippen molar-refractivity contribution in [1.29, 1.82) is 0 Å². The molecule has 0 bridgehead atoms. The van der Waals surface area contributed by atoms with Gasteiger partial charge in [-0.3, -0.25) is 4.79 Å². The van der Waals surface area contributed by atoms with Gasteiger partial charge in [0.15, 0.2) is 0 Å². The minimum Gasteiger partial charge on any atom is -0.461 e. The summed E-state index contributed by atoms with van der Waals surface area (Å²) in [7, 11) is 0. The summed E-state index contributed by atoms with van der Waals surface area (Å²) in [5.41, 5.74) is 7.57. The van der Waals surface area contributed by atoms with E-state index in [1.54, 1.807) is 0 Å². The van der Waals surface area contributed by atoms with E-state index < -0.39 is 0 Å². The predicted octanol–water partition coefficient (Wildman–Crippen LogP) is 5.25. The topological polar surface area (TPSA) is 52.3 Å². The summed E-state index contributed by atoms with van der Waals surface area (Å²) in [6.45, 7) is 7.95. The van der Waals surface area contributed by atoms with Crippen molar-refractivity contribution in [2.75, 3.05) is 6.61 Å². The Morgan fingerprint density at radius 3 is 2.12 bits per heavy atom. The number of rotatable bonds is 5. The molecule has 2 rings (SSSR count). The number of hydrogen-bond acceptors (Lipinski definition) is 3. The van der Waals surface area contributed by atoms with E-state index in [4.69, 9.17) is 10.5 Å². The SMILES string of the molecule is CC.CC(C)C(=O)OC/C=C/c1ccc2cc(/C=C/N)ccc2c1.[HH]. The Balaban J connectivity index is 0.00000185. The number of ether oxygens (including phenoxy) is 1. The lowest BCUT2D eigenvalue weighted by Crippen LogP contribution is -2.11. The predicted molar refractivity (Wildman–Crippen MR) is 105 cm³/mol. The van der Waals surface area contributed by atoms with Crippen LogP contribution < -0.4 is 5.73 Å². The van der Waals surface area contributed by atoms with Gasteiger partial charge in [0.1, 0.15) is 6.61 Å². The van der Waals surface area contributed by atoms with E-state index in [0.717, 1.165) is 16.5 Å². The largest absolute Gasteiger partial charge is 0.461 e. The van der Waals surface area contributed by atoms with Crippen LogP contribution in [0, 0.1) is 5.92 Å². The molecule has 0 spiro atoms. The van der Waals surface area contributed by atoms with Crippen molar-refractivity contribution in [2.45, 2.75) is 27.7 Å². The molecule has 0 saturated heterocycles. The molecule has 0 radical (unpaired) electrons. The van der Waals surface area contributed by atoms with Gasteiger partial charge in [-0.2, -0.15) is 0 Å². The van der Waals surface area contributed by atoms with E-state index in [0.29, 0.717) is 6.61 Å². The number of benzene rings is 2. The fourth-order valence-electron chi connectivity index (χ4n) is 2.08. The summed E-state index contributed by atoms with van der Waals surface area (Å²) in [4.78, 5) is 11.3. The highest BCUT2D eigenvalue weighted by molar-refractivity contribution is 5.86. The van der Waals surface area contributed by atoms with Crippen LogP contribution in [0.25, 0.3) is 22.9 Å². The molecule has 0 saturated carbocycles. The molecule has 2 N–H and O–H groups in total. The zero-order valence-corrected chi connectivity index (χ0v) is 15.0. The first-order valence-electron chi connectivity index (χ1n) is 8.35. The molecule has 24 heavy (non-hydrogen) atoms. The van der Waals surface area contributed by atoms with Gasteiger partial charge in [0.25, 0.3) is 0 Å². The number of fused-ring (bicyclic) bond motifs is 1. The van der Waals surface area contributed by atoms with E-state index in [1.165, 1.54) is 11.6 Å². The summed E-state index contributed by atoms with van der Waals surface area (Å²) >= 11 is 0. The molecule has 0 heterocycles. The fraction of sp³-hybridized carbons (Fsp3) is 0.286. The molecule has 0 atom stereocenters. The Bertz CT molecular complexity index is 721. The maximum atomic E-state index is 11.3. The maximum Gasteiger partial charge on any atom is 0.308 e. The summed E-state index contributed by atoms with van der Waals surface area (Å²) in [6.07, 6.45) is 7.22. The van der Waals surface area contributed by atoms with Gasteiger partial charge in [0.05, 0.1) is 5.92 Å². The molecule has 0 aliphatic carbocycles. The van der Waals surface area contributed by atoms with Crippen LogP contribution in [0.15, 0.2) is 48.7 Å². The standard InChI is InChI=1S/C19H21NO2.C2H6.H2/c1-14(2)19(21)22-11-3-4-15-5-7-18-13-16(9-10-20)6-8-17(18)12-15;1-2;/h3-10,12-14H,11,20H2,1-2H3;1-2H3;1H/b4-3+,10-9+;;. The van der Waals surface area contributed by atoms with E-state index >= 15 is 0 Å². The second kappa shape index (κ2) is 10.3. The second-order valence-electron chi connectivity index (χ2n) is 5.41. The molecule has 0 amide bonds. The number of hydrogen-bond donors (Lipinski definition) is 1. The van der Waals surface area contributed by atoms with Gasteiger partial charge in [-0.1, -0.05) is 58.0 Å². The van der Waals surface area contributed by atoms with Crippen molar-refractivity contribution >= 4 is 28.9 Å². The molecule has 130 valence electrons. The normalized spacial score (nSPS) is 11.0. The lowest BCUT2D eigenvalue weighted by atomic mass is 10.0. The molecule has 2 aromatic carbocycles. The van der Waals surface area contributed by atoms with Gasteiger partial charge in [0.2, 0.25) is 0 Å². The van der Waals surface area contributed by atoms with Crippen LogP contribution >= 0.6 is 0 Å². The number of carbonyl (C=O) groups is 1. The van der Waals surface area contributed by atoms with E-state index in [9.17, 15) is 4.79 Å². The van der Waals surface area contributed by atoms with Crippen LogP contribution in [0.3, 0.4) is 0 Å². The molecular weight excluding hydrogens is 298 g/mol. The smallest absolute Gasteiger partial charge is 0.308 e. The third-order valence-electron chi connectivity index (χ3n) is 3.28. The Labute approximate surface area is 146 Å². The van der Waals surface area contributed by atoms with Crippen molar-refractivity contribution < 1.29 is 11.0 Å². The average Bonchev–Trinajstić information content (AvgIpc) is 2.60. The molecule has 0 aliphatic heterocycles. The monoisotopic (exact) mass is 327 g/mol. The lowest BCUT2D eigenvalue weighted by molar-refractivity contribution is -0.145. The van der Waals surface area contributed by atoms with Crippen LogP contribution in [-0.2, 0) is 9.53 Å². The van der Waals surface area contributed by atoms with Crippen LogP contribution in [0.1, 0.15) is 40.2 Å². The van der Waals surface area contributed by atoms with Crippen LogP contribution in [0.2, 0.25) is 0 Å². The molecule has 0 unspecified atom stereocenters. The third kappa shape index (κ3) is 5.92. The first-order chi connectivity index (χ1) is 11.6. The minimum atomic E-state index is -0.177. The fourth-order valence-corrected chi connectivity index (χ4v) is 2.08. The van der Waals surface area contributed by atoms with Gasteiger partial charge in [-0.25, -0.2) is 0 Å². The van der Waals surface area contributed by atoms with Crippen molar-refractivity contribution in [3.63, 3.8) is 0 Å². The first kappa shape index (κ1) is 19.5. The molecule has 0 aromatic heterocycles. The average molecular weight is 327 g/mol. The van der Waals surface area contributed by atoms with Gasteiger partial charge < -0.3 is 10.5 Å². The zero-order valence-electron chi connectivity index (χ0n) is 15.0. The summed E-state index contributed by atoms with van der Waals surface area (Å²) < 4.78 is 5.11. The highest BCUT2D eigenvalue weighted by Gasteiger charge is 2.06. The number of carbonyl (C=O) groups excluding carboxylic acids is 1. The minimum absolute atomic E-state index is 0. The third-order valence-corrected chi connectivity index (χ3v) is 3.28. The quantitative estimate of drug-likeness (QED) is 0.763. The zero-order chi connectivity index (χ0) is 17.9. The summed E-state index contributed by atoms with van der Waals surface area (Å²) in [5, 5.41) is 2.33. The van der Waals surface area contributed by atoms with E-state index in [2.05, 4.69) is 24.3 Å². The maximum absolute atomic E-state index is 11.3. The highest BCUT2D eigenvalue weighted by Crippen LogP contribution is 2.19. The Morgan fingerprint density at radius 2 is 1.62 bits per heavy atom. The van der Waals surface area contributed by atoms with Crippen LogP contribution in [0.5, 0.6) is 0 Å². The Hall–Kier alpha value is -2.55. The van der Waals surface area contributed by atoms with Gasteiger partial charge >= 0.3 is 5.97 Å². The highest BCUT2D eigenvalue weighted by atomic mass is 16.5.